The summed E-state index contributed by atoms with van der Waals surface area (Å²) in [4.78, 5) is 27.6. The molecule has 2 amide bonds. The molecule has 2 aromatic carbocycles. The van der Waals surface area contributed by atoms with Crippen molar-refractivity contribution in [1.29, 1.82) is 0 Å². The number of aryl methyl sites for hydroxylation is 2. The van der Waals surface area contributed by atoms with Gasteiger partial charge in [0, 0.05) is 34.6 Å². The van der Waals surface area contributed by atoms with Gasteiger partial charge < -0.3 is 25.3 Å². The number of nitrogens with one attached hydrogen (secondary N) is 2. The van der Waals surface area contributed by atoms with Crippen LogP contribution in [0.15, 0.2) is 60.8 Å². The van der Waals surface area contributed by atoms with E-state index in [2.05, 4.69) is 15.6 Å². The molecule has 0 saturated carbocycles. The van der Waals surface area contributed by atoms with E-state index < -0.39 is 11.4 Å². The van der Waals surface area contributed by atoms with Crippen LogP contribution in [0.2, 0.25) is 0 Å². The zero-order chi connectivity index (χ0) is 23.3. The van der Waals surface area contributed by atoms with E-state index in [4.69, 9.17) is 4.74 Å². The third-order valence-electron chi connectivity index (χ3n) is 4.98. The number of nitrogens with zero attached hydrogens (tertiary/aromatic N) is 1. The fourth-order valence-electron chi connectivity index (χ4n) is 2.93. The van der Waals surface area contributed by atoms with Crippen LogP contribution in [0.25, 0.3) is 11.1 Å². The second-order valence-electron chi connectivity index (χ2n) is 8.32. The molecule has 0 radical (unpaired) electrons. The number of carboxylic acids is 1. The number of carboxylic acid groups (broad SMARTS) is 1. The number of pyridine rings is 1. The van der Waals surface area contributed by atoms with E-state index in [-0.39, 0.29) is 42.2 Å². The summed E-state index contributed by atoms with van der Waals surface area (Å²) in [7, 11) is 0. The van der Waals surface area contributed by atoms with Crippen molar-refractivity contribution in [3.05, 3.63) is 71.9 Å². The normalized spacial score (nSPS) is 10.7. The summed E-state index contributed by atoms with van der Waals surface area (Å²) < 4.78 is 5.46. The summed E-state index contributed by atoms with van der Waals surface area (Å²) in [5.41, 5.74) is 4.24. The van der Waals surface area contributed by atoms with E-state index in [1.54, 1.807) is 12.3 Å². The number of benzene rings is 2. The SMILES string of the molecule is Cc1ccc(NC(=O)Nc2ccc(-c3ccc(OCC(C)(C)C(=O)[O-])nc3)cc2)c(C)c1.[Na+]. The zero-order valence-electron chi connectivity index (χ0n) is 19.6. The van der Waals surface area contributed by atoms with E-state index in [9.17, 15) is 14.7 Å². The van der Waals surface area contributed by atoms with Crippen molar-refractivity contribution in [2.24, 2.45) is 5.41 Å². The molecule has 0 bridgehead atoms. The van der Waals surface area contributed by atoms with Gasteiger partial charge >= 0.3 is 35.6 Å². The van der Waals surface area contributed by atoms with E-state index in [0.717, 1.165) is 27.9 Å². The van der Waals surface area contributed by atoms with E-state index in [0.29, 0.717) is 11.6 Å². The van der Waals surface area contributed by atoms with Crippen LogP contribution in [0.3, 0.4) is 0 Å². The van der Waals surface area contributed by atoms with Gasteiger partial charge in [0.25, 0.3) is 0 Å². The molecule has 7 nitrogen and oxygen atoms in total. The molecule has 166 valence electrons. The summed E-state index contributed by atoms with van der Waals surface area (Å²) in [5.74, 6) is -0.838. The van der Waals surface area contributed by atoms with Crippen molar-refractivity contribution < 1.29 is 49.0 Å². The largest absolute Gasteiger partial charge is 1.00 e. The van der Waals surface area contributed by atoms with E-state index in [1.807, 2.05) is 62.4 Å². The first kappa shape index (κ1) is 26.4. The maximum Gasteiger partial charge on any atom is 1.00 e. The van der Waals surface area contributed by atoms with Crippen molar-refractivity contribution >= 4 is 23.4 Å². The van der Waals surface area contributed by atoms with Crippen LogP contribution < -0.4 is 50.0 Å². The average molecular weight is 455 g/mol. The predicted molar refractivity (Wildman–Crippen MR) is 123 cm³/mol. The van der Waals surface area contributed by atoms with Gasteiger partial charge in [-0.25, -0.2) is 9.78 Å². The van der Waals surface area contributed by atoms with Crippen LogP contribution >= 0.6 is 0 Å². The number of ether oxygens (including phenoxy) is 1. The van der Waals surface area contributed by atoms with Crippen LogP contribution in [0.4, 0.5) is 16.2 Å². The first-order chi connectivity index (χ1) is 15.1. The number of aliphatic carboxylic acids is 1. The molecule has 0 spiro atoms. The topological polar surface area (TPSA) is 103 Å². The fraction of sp³-hybridized carbons (Fsp3) is 0.240. The van der Waals surface area contributed by atoms with Crippen LogP contribution in [-0.4, -0.2) is 23.6 Å². The number of urea groups is 1. The molecule has 8 heteroatoms. The van der Waals surface area contributed by atoms with Crippen molar-refractivity contribution in [2.45, 2.75) is 27.7 Å². The van der Waals surface area contributed by atoms with Crippen molar-refractivity contribution in [2.75, 3.05) is 17.2 Å². The molecule has 0 atom stereocenters. The van der Waals surface area contributed by atoms with Gasteiger partial charge in [-0.15, -0.1) is 0 Å². The Morgan fingerprint density at radius 3 is 2.21 bits per heavy atom. The zero-order valence-corrected chi connectivity index (χ0v) is 21.6. The Labute approximate surface area is 215 Å². The summed E-state index contributed by atoms with van der Waals surface area (Å²) in [6.45, 7) is 6.99. The smallest absolute Gasteiger partial charge is 0.549 e. The van der Waals surface area contributed by atoms with Crippen LogP contribution in [-0.2, 0) is 4.79 Å². The fourth-order valence-corrected chi connectivity index (χ4v) is 2.93. The number of hydrogen-bond acceptors (Lipinski definition) is 5. The summed E-state index contributed by atoms with van der Waals surface area (Å²) in [6.07, 6.45) is 1.65. The number of carbonyl (C=O) groups excluding carboxylic acids is 2. The third kappa shape index (κ3) is 7.32. The minimum atomic E-state index is -1.18. The van der Waals surface area contributed by atoms with Crippen LogP contribution in [0, 0.1) is 19.3 Å². The molecule has 2 N–H and O–H groups in total. The van der Waals surface area contributed by atoms with Crippen molar-refractivity contribution in [3.8, 4) is 17.0 Å². The molecule has 0 fully saturated rings. The molecular weight excluding hydrogens is 429 g/mol. The Bertz CT molecular complexity index is 1110. The van der Waals surface area contributed by atoms with Gasteiger partial charge in [-0.2, -0.15) is 0 Å². The van der Waals surface area contributed by atoms with Gasteiger partial charge in [0.15, 0.2) is 0 Å². The van der Waals surface area contributed by atoms with Gasteiger partial charge in [-0.3, -0.25) is 0 Å². The van der Waals surface area contributed by atoms with Crippen molar-refractivity contribution in [1.82, 2.24) is 4.98 Å². The van der Waals surface area contributed by atoms with Gasteiger partial charge in [-0.05, 0) is 49.2 Å². The summed E-state index contributed by atoms with van der Waals surface area (Å²) >= 11 is 0. The molecule has 0 aliphatic rings. The molecule has 0 unspecified atom stereocenters. The van der Waals surface area contributed by atoms with Gasteiger partial charge in [0.2, 0.25) is 5.88 Å². The summed E-state index contributed by atoms with van der Waals surface area (Å²) in [5, 5.41) is 16.7. The molecule has 0 saturated heterocycles. The number of aromatic nitrogens is 1. The summed E-state index contributed by atoms with van der Waals surface area (Å²) in [6, 6.07) is 16.4. The molecule has 0 aliphatic heterocycles. The van der Waals surface area contributed by atoms with Crippen molar-refractivity contribution in [3.63, 3.8) is 0 Å². The number of amides is 2. The van der Waals surface area contributed by atoms with E-state index in [1.165, 1.54) is 13.8 Å². The van der Waals surface area contributed by atoms with E-state index >= 15 is 0 Å². The monoisotopic (exact) mass is 455 g/mol. The number of hydrogen-bond donors (Lipinski definition) is 2. The first-order valence-corrected chi connectivity index (χ1v) is 10.2. The number of carbonyl (C=O) groups is 2. The Morgan fingerprint density at radius 1 is 0.970 bits per heavy atom. The average Bonchev–Trinajstić information content (AvgIpc) is 2.75. The quantitative estimate of drug-likeness (QED) is 0.521. The molecule has 3 aromatic rings. The second-order valence-corrected chi connectivity index (χ2v) is 8.32. The Morgan fingerprint density at radius 2 is 1.64 bits per heavy atom. The molecule has 1 heterocycles. The van der Waals surface area contributed by atoms with Gasteiger partial charge in [0.05, 0.1) is 5.97 Å². The second kappa shape index (κ2) is 11.3. The third-order valence-corrected chi connectivity index (χ3v) is 4.98. The van der Waals surface area contributed by atoms with Gasteiger partial charge in [-0.1, -0.05) is 43.7 Å². The molecule has 3 rings (SSSR count). The number of anilines is 2. The molecular formula is C25H26N3NaO4. The minimum Gasteiger partial charge on any atom is -0.549 e. The predicted octanol–water partition coefficient (Wildman–Crippen LogP) is 1.17. The van der Waals surface area contributed by atoms with Crippen LogP contribution in [0.5, 0.6) is 5.88 Å². The Kier molecular flexibility index (Phi) is 9.05. The Balaban J connectivity index is 0.00000385. The van der Waals surface area contributed by atoms with Crippen LogP contribution in [0.1, 0.15) is 25.0 Å². The Hall–Kier alpha value is -2.87. The standard InChI is InChI=1S/C25H27N3O4.Na/c1-16-5-11-21(17(2)13-16)28-24(31)27-20-9-6-18(7-10-20)19-8-12-22(26-14-19)32-15-25(3,4)23(29)30;/h5-14H,15H2,1-4H3,(H,29,30)(H2,27,28,31);/q;+1/p-1. The first-order valence-electron chi connectivity index (χ1n) is 10.2. The maximum atomic E-state index is 12.3. The molecule has 1 aromatic heterocycles. The minimum absolute atomic E-state index is 0. The molecule has 33 heavy (non-hydrogen) atoms. The number of rotatable bonds is 7. The van der Waals surface area contributed by atoms with Gasteiger partial charge in [0.1, 0.15) is 6.61 Å². The maximum absolute atomic E-state index is 12.3. The molecule has 0 aliphatic carbocycles.